The fraction of sp³-hybridized carbons (Fsp3) is 0.296. The summed E-state index contributed by atoms with van der Waals surface area (Å²) < 4.78 is 48.9. The number of aromatic nitrogens is 4. The van der Waals surface area contributed by atoms with Crippen molar-refractivity contribution in [2.75, 3.05) is 6.26 Å². The van der Waals surface area contributed by atoms with E-state index in [1.54, 1.807) is 51.4 Å². The van der Waals surface area contributed by atoms with Crippen molar-refractivity contribution in [1.29, 1.82) is 0 Å². The van der Waals surface area contributed by atoms with Gasteiger partial charge in [0.1, 0.15) is 11.4 Å². The van der Waals surface area contributed by atoms with Crippen molar-refractivity contribution in [1.82, 2.24) is 19.1 Å². The number of carbonyl (C=O) groups is 1. The number of thioether (sulfide) groups is 1. The monoisotopic (exact) mass is 558 g/mol. The van der Waals surface area contributed by atoms with Crippen LogP contribution in [-0.2, 0) is 22.5 Å². The topological polar surface area (TPSA) is 96.1 Å². The second kappa shape index (κ2) is 11.0. The number of fused-ring (bicyclic) bond motifs is 1. The standard InChI is InChI=1S/C27H25F3N4O4S/c1-27(2,3)38-22(35)9-8-15-6-5-7-16-12-31-13-21(23(15)16)34-24(36)32-25(39-4)33(26(34)37)14-17-10-19(29)20(30)11-18(17)28/h5-7,10-13H,8-9,14H2,1-4H3. The highest BCUT2D eigenvalue weighted by atomic mass is 32.2. The molecule has 0 amide bonds. The summed E-state index contributed by atoms with van der Waals surface area (Å²) in [5, 5.41) is 1.07. The minimum atomic E-state index is -1.36. The molecule has 2 aromatic carbocycles. The van der Waals surface area contributed by atoms with E-state index in [2.05, 4.69) is 9.97 Å². The van der Waals surface area contributed by atoms with Gasteiger partial charge in [0.05, 0.1) is 18.4 Å². The molecule has 0 unspecified atom stereocenters. The Hall–Kier alpha value is -3.93. The fourth-order valence-corrected chi connectivity index (χ4v) is 4.66. The second-order valence-electron chi connectivity index (χ2n) is 9.70. The minimum Gasteiger partial charge on any atom is -0.460 e. The van der Waals surface area contributed by atoms with Crippen LogP contribution in [0.3, 0.4) is 0 Å². The lowest BCUT2D eigenvalue weighted by Gasteiger charge is -2.19. The Balaban J connectivity index is 1.86. The molecule has 204 valence electrons. The number of aryl methyl sites for hydroxylation is 1. The van der Waals surface area contributed by atoms with Crippen LogP contribution in [-0.4, -0.2) is 36.9 Å². The van der Waals surface area contributed by atoms with Crippen LogP contribution in [0.2, 0.25) is 0 Å². The first-order valence-electron chi connectivity index (χ1n) is 11.9. The van der Waals surface area contributed by atoms with E-state index in [-0.39, 0.29) is 29.2 Å². The van der Waals surface area contributed by atoms with Gasteiger partial charge in [-0.3, -0.25) is 14.3 Å². The van der Waals surface area contributed by atoms with E-state index >= 15 is 0 Å². The lowest BCUT2D eigenvalue weighted by Crippen LogP contribution is -2.42. The molecule has 0 saturated heterocycles. The lowest BCUT2D eigenvalue weighted by molar-refractivity contribution is -0.154. The molecule has 0 aliphatic carbocycles. The molecule has 2 aromatic heterocycles. The molecule has 0 atom stereocenters. The quantitative estimate of drug-likeness (QED) is 0.188. The Kier molecular flexibility index (Phi) is 7.96. The van der Waals surface area contributed by atoms with Gasteiger partial charge in [0.25, 0.3) is 0 Å². The van der Waals surface area contributed by atoms with E-state index in [1.807, 2.05) is 0 Å². The number of benzene rings is 2. The van der Waals surface area contributed by atoms with Gasteiger partial charge >= 0.3 is 17.3 Å². The molecule has 0 radical (unpaired) electrons. The SMILES string of the molecule is CSc1nc(=O)n(-c2cncc3cccc(CCC(=O)OC(C)(C)C)c23)c(=O)n1Cc1cc(F)c(F)cc1F. The molecule has 0 N–H and O–H groups in total. The van der Waals surface area contributed by atoms with Gasteiger partial charge in [-0.25, -0.2) is 27.3 Å². The molecule has 0 aliphatic rings. The van der Waals surface area contributed by atoms with Crippen LogP contribution in [0.15, 0.2) is 57.5 Å². The maximum atomic E-state index is 14.4. The van der Waals surface area contributed by atoms with Crippen LogP contribution in [0.4, 0.5) is 13.2 Å². The van der Waals surface area contributed by atoms with Gasteiger partial charge in [-0.15, -0.1) is 0 Å². The van der Waals surface area contributed by atoms with E-state index in [0.717, 1.165) is 20.9 Å². The highest BCUT2D eigenvalue weighted by Gasteiger charge is 2.21. The second-order valence-corrected chi connectivity index (χ2v) is 10.5. The van der Waals surface area contributed by atoms with Crippen LogP contribution in [0.5, 0.6) is 0 Å². The van der Waals surface area contributed by atoms with Crippen molar-refractivity contribution in [3.8, 4) is 5.69 Å². The molecule has 0 bridgehead atoms. The Labute approximate surface area is 225 Å². The van der Waals surface area contributed by atoms with Gasteiger partial charge in [0.15, 0.2) is 16.8 Å². The molecule has 8 nitrogen and oxygen atoms in total. The molecular formula is C27H25F3N4O4S. The lowest BCUT2D eigenvalue weighted by atomic mass is 10.0. The minimum absolute atomic E-state index is 0.0382. The molecule has 0 fully saturated rings. The van der Waals surface area contributed by atoms with Crippen molar-refractivity contribution < 1.29 is 22.7 Å². The summed E-state index contributed by atoms with van der Waals surface area (Å²) in [5.74, 6) is -4.10. The Morgan fingerprint density at radius 2 is 1.74 bits per heavy atom. The zero-order chi connectivity index (χ0) is 28.5. The summed E-state index contributed by atoms with van der Waals surface area (Å²) >= 11 is 0.964. The number of carbonyl (C=O) groups excluding carboxylic acids is 1. The van der Waals surface area contributed by atoms with Crippen LogP contribution in [0.25, 0.3) is 16.5 Å². The number of hydrogen-bond acceptors (Lipinski definition) is 7. The van der Waals surface area contributed by atoms with E-state index in [4.69, 9.17) is 4.74 Å². The summed E-state index contributed by atoms with van der Waals surface area (Å²) in [6.45, 7) is 4.79. The highest BCUT2D eigenvalue weighted by Crippen LogP contribution is 2.26. The zero-order valence-corrected chi connectivity index (χ0v) is 22.4. The third-order valence-corrected chi connectivity index (χ3v) is 6.42. The average molecular weight is 559 g/mol. The normalized spacial score (nSPS) is 11.7. The first kappa shape index (κ1) is 28.1. The van der Waals surface area contributed by atoms with Crippen molar-refractivity contribution in [2.45, 2.75) is 50.9 Å². The number of nitrogens with zero attached hydrogens (tertiary/aromatic N) is 4. The third kappa shape index (κ3) is 6.06. The first-order valence-corrected chi connectivity index (χ1v) is 13.1. The van der Waals surface area contributed by atoms with Gasteiger partial charge in [-0.05, 0) is 45.1 Å². The van der Waals surface area contributed by atoms with Gasteiger partial charge in [-0.1, -0.05) is 30.0 Å². The zero-order valence-electron chi connectivity index (χ0n) is 21.6. The van der Waals surface area contributed by atoms with Crippen LogP contribution in [0.1, 0.15) is 38.3 Å². The van der Waals surface area contributed by atoms with Crippen LogP contribution < -0.4 is 11.4 Å². The van der Waals surface area contributed by atoms with Crippen molar-refractivity contribution >= 4 is 28.5 Å². The number of esters is 1. The predicted molar refractivity (Wildman–Crippen MR) is 141 cm³/mol. The van der Waals surface area contributed by atoms with Crippen LogP contribution >= 0.6 is 11.8 Å². The molecule has 12 heteroatoms. The Morgan fingerprint density at radius 1 is 1.03 bits per heavy atom. The van der Waals surface area contributed by atoms with E-state index in [0.29, 0.717) is 28.5 Å². The van der Waals surface area contributed by atoms with Crippen molar-refractivity contribution in [3.63, 3.8) is 0 Å². The molecule has 2 heterocycles. The summed E-state index contributed by atoms with van der Waals surface area (Å²) in [4.78, 5) is 47.3. The predicted octanol–water partition coefficient (Wildman–Crippen LogP) is 4.40. The maximum absolute atomic E-state index is 14.4. The third-order valence-electron chi connectivity index (χ3n) is 5.74. The fourth-order valence-electron chi connectivity index (χ4n) is 4.13. The molecule has 4 aromatic rings. The molecule has 4 rings (SSSR count). The Bertz CT molecular complexity index is 1690. The van der Waals surface area contributed by atoms with Gasteiger partial charge in [0, 0.05) is 35.0 Å². The molecular weight excluding hydrogens is 533 g/mol. The maximum Gasteiger partial charge on any atom is 0.358 e. The number of pyridine rings is 1. The van der Waals surface area contributed by atoms with Gasteiger partial charge in [-0.2, -0.15) is 4.98 Å². The van der Waals surface area contributed by atoms with E-state index in [9.17, 15) is 27.6 Å². The van der Waals surface area contributed by atoms with Crippen molar-refractivity contribution in [3.05, 3.63) is 92.3 Å². The molecule has 0 spiro atoms. The summed E-state index contributed by atoms with van der Waals surface area (Å²) in [7, 11) is 0. The Morgan fingerprint density at radius 3 is 2.44 bits per heavy atom. The summed E-state index contributed by atoms with van der Waals surface area (Å²) in [6, 6.07) is 6.32. The summed E-state index contributed by atoms with van der Waals surface area (Å²) in [5.41, 5.74) is -1.95. The van der Waals surface area contributed by atoms with E-state index in [1.165, 1.54) is 6.20 Å². The number of hydrogen-bond donors (Lipinski definition) is 0. The average Bonchev–Trinajstić information content (AvgIpc) is 2.86. The van der Waals surface area contributed by atoms with E-state index < -0.39 is 46.9 Å². The number of rotatable bonds is 7. The number of ether oxygens (including phenoxy) is 1. The molecule has 0 aliphatic heterocycles. The van der Waals surface area contributed by atoms with Gasteiger partial charge in [0.2, 0.25) is 0 Å². The largest absolute Gasteiger partial charge is 0.460 e. The van der Waals surface area contributed by atoms with Crippen LogP contribution in [0, 0.1) is 17.5 Å². The first-order chi connectivity index (χ1) is 18.4. The van der Waals surface area contributed by atoms with Gasteiger partial charge < -0.3 is 4.74 Å². The van der Waals surface area contributed by atoms with Crippen molar-refractivity contribution in [2.24, 2.45) is 0 Å². The number of halogens is 3. The highest BCUT2D eigenvalue weighted by molar-refractivity contribution is 7.98. The molecule has 0 saturated carbocycles. The molecule has 39 heavy (non-hydrogen) atoms. The summed E-state index contributed by atoms with van der Waals surface area (Å²) in [6.07, 6.45) is 4.75. The smallest absolute Gasteiger partial charge is 0.358 e.